The van der Waals surface area contributed by atoms with Gasteiger partial charge < -0.3 is 20.3 Å². The number of fused-ring (bicyclic) bond motifs is 1. The zero-order valence-corrected chi connectivity index (χ0v) is 19.6. The molecule has 2 aromatic carbocycles. The number of pyridine rings is 1. The highest BCUT2D eigenvalue weighted by atomic mass is 16.3. The minimum absolute atomic E-state index is 0.000352. The molecule has 3 heterocycles. The number of rotatable bonds is 6. The van der Waals surface area contributed by atoms with Crippen molar-refractivity contribution in [3.05, 3.63) is 107 Å². The van der Waals surface area contributed by atoms with Crippen LogP contribution in [0.15, 0.2) is 84.8 Å². The van der Waals surface area contributed by atoms with Crippen molar-refractivity contribution in [2.75, 3.05) is 13.6 Å². The van der Waals surface area contributed by atoms with Crippen molar-refractivity contribution in [2.45, 2.75) is 12.5 Å². The van der Waals surface area contributed by atoms with Gasteiger partial charge in [0.1, 0.15) is 5.76 Å². The zero-order valence-electron chi connectivity index (χ0n) is 19.6. The molecule has 1 unspecified atom stereocenters. The van der Waals surface area contributed by atoms with Crippen LogP contribution in [-0.2, 0) is 16.0 Å². The molecule has 0 saturated carbocycles. The van der Waals surface area contributed by atoms with Crippen LogP contribution in [0.1, 0.15) is 33.1 Å². The number of aromatic nitrogens is 2. The Bertz CT molecular complexity index is 1490. The number of nitrogens with one attached hydrogen (secondary N) is 2. The predicted molar refractivity (Wildman–Crippen MR) is 135 cm³/mol. The highest BCUT2D eigenvalue weighted by Gasteiger charge is 2.45. The number of benzene rings is 2. The van der Waals surface area contributed by atoms with Crippen LogP contribution >= 0.6 is 0 Å². The predicted octanol–water partition coefficient (Wildman–Crippen LogP) is 3.59. The van der Waals surface area contributed by atoms with E-state index in [1.165, 1.54) is 11.1 Å². The van der Waals surface area contributed by atoms with E-state index in [1.807, 2.05) is 30.5 Å². The molecule has 8 heteroatoms. The van der Waals surface area contributed by atoms with E-state index in [9.17, 15) is 19.5 Å². The molecule has 1 aliphatic rings. The average molecular weight is 481 g/mol. The minimum atomic E-state index is -0.811. The Kier molecular flexibility index (Phi) is 6.08. The number of ketones is 1. The van der Waals surface area contributed by atoms with E-state index in [0.29, 0.717) is 23.1 Å². The molecule has 8 nitrogen and oxygen atoms in total. The van der Waals surface area contributed by atoms with E-state index in [1.54, 1.807) is 49.6 Å². The second-order valence-corrected chi connectivity index (χ2v) is 8.54. The van der Waals surface area contributed by atoms with Crippen LogP contribution in [0.3, 0.4) is 0 Å². The Labute approximate surface area is 207 Å². The topological polar surface area (TPSA) is 115 Å². The van der Waals surface area contributed by atoms with Gasteiger partial charge in [-0.25, -0.2) is 0 Å². The third-order valence-corrected chi connectivity index (χ3v) is 6.49. The lowest BCUT2D eigenvalue weighted by Crippen LogP contribution is -2.31. The number of hydrogen-bond donors (Lipinski definition) is 3. The zero-order chi connectivity index (χ0) is 25.2. The number of amides is 2. The van der Waals surface area contributed by atoms with Crippen LogP contribution in [0.4, 0.5) is 0 Å². The lowest BCUT2D eigenvalue weighted by Gasteiger charge is -2.25. The summed E-state index contributed by atoms with van der Waals surface area (Å²) in [6.45, 7) is 0.262. The van der Waals surface area contributed by atoms with Crippen molar-refractivity contribution >= 4 is 34.3 Å². The fraction of sp³-hybridized carbons (Fsp3) is 0.143. The van der Waals surface area contributed by atoms with Crippen LogP contribution in [0.5, 0.6) is 0 Å². The molecule has 0 bridgehead atoms. The van der Waals surface area contributed by atoms with Crippen LogP contribution in [0, 0.1) is 0 Å². The molecule has 0 aliphatic carbocycles. The van der Waals surface area contributed by atoms with Crippen molar-refractivity contribution in [1.82, 2.24) is 20.2 Å². The van der Waals surface area contributed by atoms with Crippen molar-refractivity contribution < 1.29 is 19.5 Å². The van der Waals surface area contributed by atoms with Gasteiger partial charge in [-0.1, -0.05) is 30.3 Å². The maximum Gasteiger partial charge on any atom is 0.295 e. The fourth-order valence-corrected chi connectivity index (χ4v) is 4.66. The van der Waals surface area contributed by atoms with Crippen molar-refractivity contribution in [3.8, 4) is 0 Å². The molecular formula is C28H24N4O4. The number of aliphatic hydroxyl groups excluding tert-OH is 1. The van der Waals surface area contributed by atoms with Gasteiger partial charge in [0.15, 0.2) is 0 Å². The molecule has 2 aromatic heterocycles. The Hall–Kier alpha value is -4.72. The van der Waals surface area contributed by atoms with E-state index < -0.39 is 17.7 Å². The third kappa shape index (κ3) is 4.02. The van der Waals surface area contributed by atoms with Gasteiger partial charge in [-0.3, -0.25) is 19.4 Å². The van der Waals surface area contributed by atoms with Crippen molar-refractivity contribution in [3.63, 3.8) is 0 Å². The summed E-state index contributed by atoms with van der Waals surface area (Å²) in [6.07, 6.45) is 5.42. The average Bonchev–Trinajstić information content (AvgIpc) is 3.45. The number of carbonyl (C=O) groups is 3. The van der Waals surface area contributed by atoms with E-state index in [-0.39, 0.29) is 23.8 Å². The lowest BCUT2D eigenvalue weighted by atomic mass is 9.94. The van der Waals surface area contributed by atoms with E-state index >= 15 is 0 Å². The largest absolute Gasteiger partial charge is 0.507 e. The van der Waals surface area contributed by atoms with E-state index in [2.05, 4.69) is 15.3 Å². The summed E-state index contributed by atoms with van der Waals surface area (Å²) in [5.74, 6) is -1.96. The molecule has 1 aliphatic heterocycles. The van der Waals surface area contributed by atoms with Gasteiger partial charge in [-0.2, -0.15) is 0 Å². The van der Waals surface area contributed by atoms with Gasteiger partial charge in [0.05, 0.1) is 11.6 Å². The molecule has 180 valence electrons. The molecule has 1 fully saturated rings. The number of Topliss-reactive ketones (excluding diaryl/α,β-unsaturated/α-hetero) is 1. The van der Waals surface area contributed by atoms with Crippen molar-refractivity contribution in [2.24, 2.45) is 0 Å². The summed E-state index contributed by atoms with van der Waals surface area (Å²) in [5.41, 5.74) is 3.43. The van der Waals surface area contributed by atoms with Crippen LogP contribution in [-0.4, -0.2) is 51.2 Å². The highest BCUT2D eigenvalue weighted by molar-refractivity contribution is 6.46. The molecule has 0 spiro atoms. The Morgan fingerprint density at radius 3 is 2.56 bits per heavy atom. The summed E-state index contributed by atoms with van der Waals surface area (Å²) < 4.78 is 0. The van der Waals surface area contributed by atoms with Gasteiger partial charge >= 0.3 is 0 Å². The SMILES string of the molecule is CNC(=O)c1ccc(C2/C(=C(\O)c3cccnc3)C(=O)C(=O)N2CCc2c[nH]c3ccccc23)cc1. The van der Waals surface area contributed by atoms with Crippen molar-refractivity contribution in [1.29, 1.82) is 0 Å². The summed E-state index contributed by atoms with van der Waals surface area (Å²) in [6, 6.07) is 17.0. The highest BCUT2D eigenvalue weighted by Crippen LogP contribution is 2.39. The van der Waals surface area contributed by atoms with Crippen LogP contribution in [0.25, 0.3) is 16.7 Å². The van der Waals surface area contributed by atoms with Gasteiger partial charge in [0.2, 0.25) is 0 Å². The number of aliphatic hydroxyl groups is 1. The Balaban J connectivity index is 1.56. The second kappa shape index (κ2) is 9.50. The number of likely N-dealkylation sites (tertiary alicyclic amines) is 1. The first-order valence-corrected chi connectivity index (χ1v) is 11.6. The standard InChI is InChI=1S/C28H24N4O4/c1-29-27(35)18-10-8-17(9-11-18)24-23(25(33)20-5-4-13-30-15-20)26(34)28(36)32(24)14-12-19-16-31-22-7-3-2-6-21(19)22/h2-11,13,15-16,24,31,33H,12,14H2,1H3,(H,29,35)/b25-23+. The maximum atomic E-state index is 13.2. The monoisotopic (exact) mass is 480 g/mol. The molecule has 36 heavy (non-hydrogen) atoms. The van der Waals surface area contributed by atoms with Gasteiger partial charge in [-0.15, -0.1) is 0 Å². The first kappa shape index (κ1) is 23.0. The molecule has 1 saturated heterocycles. The third-order valence-electron chi connectivity index (χ3n) is 6.49. The van der Waals surface area contributed by atoms with E-state index in [4.69, 9.17) is 0 Å². The fourth-order valence-electron chi connectivity index (χ4n) is 4.66. The molecule has 0 radical (unpaired) electrons. The summed E-state index contributed by atoms with van der Waals surface area (Å²) in [4.78, 5) is 47.2. The number of para-hydroxylation sites is 1. The van der Waals surface area contributed by atoms with Gasteiger partial charge in [0, 0.05) is 54.2 Å². The first-order valence-electron chi connectivity index (χ1n) is 11.6. The van der Waals surface area contributed by atoms with Gasteiger partial charge in [0.25, 0.3) is 17.6 Å². The quantitative estimate of drug-likeness (QED) is 0.222. The molecular weight excluding hydrogens is 456 g/mol. The molecule has 5 rings (SSSR count). The summed E-state index contributed by atoms with van der Waals surface area (Å²) >= 11 is 0. The first-order chi connectivity index (χ1) is 17.5. The summed E-state index contributed by atoms with van der Waals surface area (Å²) in [7, 11) is 1.55. The Morgan fingerprint density at radius 2 is 1.83 bits per heavy atom. The molecule has 4 aromatic rings. The summed E-state index contributed by atoms with van der Waals surface area (Å²) in [5, 5.41) is 14.7. The van der Waals surface area contributed by atoms with Gasteiger partial charge in [-0.05, 0) is 47.9 Å². The number of aromatic amines is 1. The Morgan fingerprint density at radius 1 is 1.06 bits per heavy atom. The van der Waals surface area contributed by atoms with Crippen LogP contribution in [0.2, 0.25) is 0 Å². The number of hydrogen-bond acceptors (Lipinski definition) is 5. The number of nitrogens with zero attached hydrogens (tertiary/aromatic N) is 2. The molecule has 3 N–H and O–H groups in total. The second-order valence-electron chi connectivity index (χ2n) is 8.54. The maximum absolute atomic E-state index is 13.2. The normalized spacial score (nSPS) is 17.0. The van der Waals surface area contributed by atoms with Crippen LogP contribution < -0.4 is 5.32 Å². The molecule has 1 atom stereocenters. The smallest absolute Gasteiger partial charge is 0.295 e. The lowest BCUT2D eigenvalue weighted by molar-refractivity contribution is -0.139. The number of H-pyrrole nitrogens is 1. The molecule has 2 amide bonds. The van der Waals surface area contributed by atoms with E-state index in [0.717, 1.165) is 16.5 Å². The number of carbonyl (C=O) groups excluding carboxylic acids is 3. The minimum Gasteiger partial charge on any atom is -0.507 e.